The zero-order valence-electron chi connectivity index (χ0n) is 10.9. The van der Waals surface area contributed by atoms with Crippen LogP contribution in [-0.2, 0) is 6.54 Å². The van der Waals surface area contributed by atoms with Gasteiger partial charge in [-0.1, -0.05) is 6.07 Å². The minimum Gasteiger partial charge on any atom is -0.454 e. The predicted octanol–water partition coefficient (Wildman–Crippen LogP) is 0.479. The lowest BCUT2D eigenvalue weighted by atomic mass is 10.2. The quantitative estimate of drug-likeness (QED) is 0.709. The van der Waals surface area contributed by atoms with Crippen molar-refractivity contribution in [3.8, 4) is 11.5 Å². The number of ether oxygens (including phenoxy) is 2. The molecule has 0 atom stereocenters. The number of nitrogens with two attached hydrogens (primary N) is 1. The molecule has 0 saturated heterocycles. The summed E-state index contributed by atoms with van der Waals surface area (Å²) in [6.45, 7) is 0.739. The zero-order chi connectivity index (χ0) is 14.4. The van der Waals surface area contributed by atoms with Crippen LogP contribution in [0.15, 0.2) is 29.3 Å². The Hall–Kier alpha value is -3.03. The number of rotatable bonds is 2. The van der Waals surface area contributed by atoms with Crippen LogP contribution in [0, 0.1) is 0 Å². The summed E-state index contributed by atoms with van der Waals surface area (Å²) in [7, 11) is 0. The number of aromatic nitrogens is 4. The van der Waals surface area contributed by atoms with Crippen LogP contribution in [0.4, 0.5) is 5.95 Å². The molecule has 1 aliphatic rings. The molecule has 0 aliphatic carbocycles. The number of H-pyrrole nitrogens is 1. The first kappa shape index (κ1) is 11.8. The van der Waals surface area contributed by atoms with Crippen LogP contribution < -0.4 is 20.8 Å². The average Bonchev–Trinajstić information content (AvgIpc) is 3.06. The molecule has 8 nitrogen and oxygen atoms in total. The summed E-state index contributed by atoms with van der Waals surface area (Å²) in [5, 5.41) is 0. The minimum atomic E-state index is -0.345. The van der Waals surface area contributed by atoms with Crippen LogP contribution in [0.25, 0.3) is 11.2 Å². The summed E-state index contributed by atoms with van der Waals surface area (Å²) in [5.74, 6) is 1.51. The largest absolute Gasteiger partial charge is 0.454 e. The smallest absolute Gasteiger partial charge is 0.280 e. The van der Waals surface area contributed by atoms with E-state index >= 15 is 0 Å². The molecule has 0 bridgehead atoms. The normalized spacial score (nSPS) is 13.0. The Morgan fingerprint density at radius 2 is 2.19 bits per heavy atom. The molecule has 0 unspecified atom stereocenters. The third-order valence-electron chi connectivity index (χ3n) is 3.28. The molecular weight excluding hydrogens is 274 g/mol. The number of aromatic amines is 1. The fourth-order valence-electron chi connectivity index (χ4n) is 2.32. The van der Waals surface area contributed by atoms with E-state index in [9.17, 15) is 4.79 Å². The highest BCUT2D eigenvalue weighted by molar-refractivity contribution is 5.70. The number of hydrogen-bond donors (Lipinski definition) is 2. The SMILES string of the molecule is Nc1nc2c(ncn2Cc2ccc3c(c2)OCO3)c(=O)[nH]1. The maximum atomic E-state index is 11.7. The van der Waals surface area contributed by atoms with Crippen LogP contribution in [0.2, 0.25) is 0 Å². The second-order valence-corrected chi connectivity index (χ2v) is 4.68. The molecule has 3 aromatic rings. The number of nitrogen functional groups attached to an aromatic ring is 1. The molecule has 0 amide bonds. The number of fused-ring (bicyclic) bond motifs is 2. The molecule has 8 heteroatoms. The number of hydrogen-bond acceptors (Lipinski definition) is 6. The molecule has 0 saturated carbocycles. The Labute approximate surface area is 118 Å². The molecule has 0 spiro atoms. The Kier molecular flexibility index (Phi) is 2.37. The predicted molar refractivity (Wildman–Crippen MR) is 74.2 cm³/mol. The molecule has 1 aromatic carbocycles. The van der Waals surface area contributed by atoms with Gasteiger partial charge in [-0.2, -0.15) is 4.98 Å². The third-order valence-corrected chi connectivity index (χ3v) is 3.28. The highest BCUT2D eigenvalue weighted by Crippen LogP contribution is 2.32. The Morgan fingerprint density at radius 1 is 1.33 bits per heavy atom. The number of benzene rings is 1. The summed E-state index contributed by atoms with van der Waals surface area (Å²) in [6, 6.07) is 5.67. The van der Waals surface area contributed by atoms with Gasteiger partial charge in [0, 0.05) is 0 Å². The Bertz CT molecular complexity index is 898. The number of anilines is 1. The molecule has 2 aromatic heterocycles. The Balaban J connectivity index is 1.76. The van der Waals surface area contributed by atoms with Crippen molar-refractivity contribution < 1.29 is 9.47 Å². The second kappa shape index (κ2) is 4.23. The number of nitrogens with one attached hydrogen (secondary N) is 1. The fraction of sp³-hybridized carbons (Fsp3) is 0.154. The number of nitrogens with zero attached hydrogens (tertiary/aromatic N) is 3. The molecule has 4 rings (SSSR count). The van der Waals surface area contributed by atoms with Crippen molar-refractivity contribution in [1.29, 1.82) is 0 Å². The van der Waals surface area contributed by atoms with Gasteiger partial charge >= 0.3 is 0 Å². The maximum absolute atomic E-state index is 11.7. The van der Waals surface area contributed by atoms with E-state index in [0.29, 0.717) is 17.9 Å². The van der Waals surface area contributed by atoms with E-state index in [-0.39, 0.29) is 23.8 Å². The molecule has 0 radical (unpaired) electrons. The van der Waals surface area contributed by atoms with Crippen molar-refractivity contribution in [2.24, 2.45) is 0 Å². The Morgan fingerprint density at radius 3 is 3.10 bits per heavy atom. The lowest BCUT2D eigenvalue weighted by Gasteiger charge is -2.05. The number of imidazole rings is 1. The van der Waals surface area contributed by atoms with Crippen molar-refractivity contribution in [2.75, 3.05) is 12.5 Å². The van der Waals surface area contributed by atoms with Crippen LogP contribution in [0.5, 0.6) is 11.5 Å². The molecule has 0 fully saturated rings. The van der Waals surface area contributed by atoms with Gasteiger partial charge in [0.1, 0.15) is 0 Å². The second-order valence-electron chi connectivity index (χ2n) is 4.68. The molecule has 106 valence electrons. The van der Waals surface area contributed by atoms with Gasteiger partial charge in [0.05, 0.1) is 12.9 Å². The van der Waals surface area contributed by atoms with E-state index in [2.05, 4.69) is 15.0 Å². The van der Waals surface area contributed by atoms with E-state index in [4.69, 9.17) is 15.2 Å². The third kappa shape index (κ3) is 1.88. The van der Waals surface area contributed by atoms with Crippen molar-refractivity contribution in [1.82, 2.24) is 19.5 Å². The lowest BCUT2D eigenvalue weighted by molar-refractivity contribution is 0.174. The van der Waals surface area contributed by atoms with E-state index in [0.717, 1.165) is 11.3 Å². The summed E-state index contributed by atoms with van der Waals surface area (Å²) in [5.41, 5.74) is 6.94. The summed E-state index contributed by atoms with van der Waals surface area (Å²) < 4.78 is 12.4. The van der Waals surface area contributed by atoms with E-state index in [1.165, 1.54) is 0 Å². The van der Waals surface area contributed by atoms with Crippen LogP contribution in [0.1, 0.15) is 5.56 Å². The first-order valence-corrected chi connectivity index (χ1v) is 6.30. The highest BCUT2D eigenvalue weighted by Gasteiger charge is 2.14. The lowest BCUT2D eigenvalue weighted by Crippen LogP contribution is -2.12. The summed E-state index contributed by atoms with van der Waals surface area (Å²) >= 11 is 0. The van der Waals surface area contributed by atoms with E-state index < -0.39 is 0 Å². The maximum Gasteiger partial charge on any atom is 0.280 e. The van der Waals surface area contributed by atoms with Gasteiger partial charge in [-0.3, -0.25) is 9.78 Å². The molecule has 1 aliphatic heterocycles. The van der Waals surface area contributed by atoms with Gasteiger partial charge in [-0.05, 0) is 17.7 Å². The summed E-state index contributed by atoms with van der Waals surface area (Å²) in [4.78, 5) is 22.4. The van der Waals surface area contributed by atoms with Gasteiger partial charge < -0.3 is 19.8 Å². The molecule has 3 N–H and O–H groups in total. The van der Waals surface area contributed by atoms with Gasteiger partial charge in [0.2, 0.25) is 12.7 Å². The standard InChI is InChI=1S/C13H11N5O3/c14-13-16-11-10(12(19)17-13)15-5-18(11)4-7-1-2-8-9(3-7)21-6-20-8/h1-3,5H,4,6H2,(H3,14,16,17,19). The van der Waals surface area contributed by atoms with Gasteiger partial charge in [0.25, 0.3) is 5.56 Å². The van der Waals surface area contributed by atoms with Gasteiger partial charge in [-0.15, -0.1) is 0 Å². The zero-order valence-corrected chi connectivity index (χ0v) is 10.9. The van der Waals surface area contributed by atoms with E-state index in [1.54, 1.807) is 10.9 Å². The van der Waals surface area contributed by atoms with Gasteiger partial charge in [-0.25, -0.2) is 4.98 Å². The van der Waals surface area contributed by atoms with Crippen molar-refractivity contribution in [3.05, 3.63) is 40.4 Å². The van der Waals surface area contributed by atoms with Crippen molar-refractivity contribution in [2.45, 2.75) is 6.54 Å². The van der Waals surface area contributed by atoms with Crippen LogP contribution in [0.3, 0.4) is 0 Å². The first-order valence-electron chi connectivity index (χ1n) is 6.30. The van der Waals surface area contributed by atoms with Crippen molar-refractivity contribution in [3.63, 3.8) is 0 Å². The fourth-order valence-corrected chi connectivity index (χ4v) is 2.32. The topological polar surface area (TPSA) is 108 Å². The van der Waals surface area contributed by atoms with Crippen LogP contribution in [-0.4, -0.2) is 26.3 Å². The van der Waals surface area contributed by atoms with Gasteiger partial charge in [0.15, 0.2) is 22.7 Å². The van der Waals surface area contributed by atoms with Crippen LogP contribution >= 0.6 is 0 Å². The molecule has 21 heavy (non-hydrogen) atoms. The first-order chi connectivity index (χ1) is 10.2. The summed E-state index contributed by atoms with van der Waals surface area (Å²) in [6.07, 6.45) is 1.57. The van der Waals surface area contributed by atoms with E-state index in [1.807, 2.05) is 18.2 Å². The van der Waals surface area contributed by atoms with Crippen molar-refractivity contribution >= 4 is 17.1 Å². The molecular formula is C13H11N5O3. The minimum absolute atomic E-state index is 0.0694. The highest BCUT2D eigenvalue weighted by atomic mass is 16.7. The monoisotopic (exact) mass is 285 g/mol. The molecule has 3 heterocycles. The average molecular weight is 285 g/mol.